The lowest BCUT2D eigenvalue weighted by Gasteiger charge is -2.10. The van der Waals surface area contributed by atoms with Gasteiger partial charge in [0.15, 0.2) is 0 Å². The highest BCUT2D eigenvalue weighted by atomic mass is 32.2. The van der Waals surface area contributed by atoms with Crippen molar-refractivity contribution in [3.05, 3.63) is 59.7 Å². The summed E-state index contributed by atoms with van der Waals surface area (Å²) >= 11 is 0. The number of amides is 1. The maximum atomic E-state index is 13.1. The molecule has 0 fully saturated rings. The first-order chi connectivity index (χ1) is 11.4. The Morgan fingerprint density at radius 1 is 1.12 bits per heavy atom. The van der Waals surface area contributed by atoms with Gasteiger partial charge in [-0.25, -0.2) is 4.21 Å². The first-order valence-electron chi connectivity index (χ1n) is 7.49. The summed E-state index contributed by atoms with van der Waals surface area (Å²) in [5, 5.41) is 0. The number of nitrogens with zero attached hydrogens (tertiary/aromatic N) is 1. The summed E-state index contributed by atoms with van der Waals surface area (Å²) in [6, 6.07) is 13.5. The Morgan fingerprint density at radius 2 is 1.79 bits per heavy atom. The van der Waals surface area contributed by atoms with Crippen molar-refractivity contribution in [1.29, 1.82) is 0 Å². The van der Waals surface area contributed by atoms with Gasteiger partial charge in [0, 0.05) is 17.6 Å². The number of benzene rings is 2. The zero-order chi connectivity index (χ0) is 17.7. The summed E-state index contributed by atoms with van der Waals surface area (Å²) in [6.45, 7) is 4.78. The molecule has 6 heteroatoms. The molecule has 1 atom stereocenters. The lowest BCUT2D eigenvalue weighted by Crippen LogP contribution is -2.11. The highest BCUT2D eigenvalue weighted by Gasteiger charge is 2.18. The van der Waals surface area contributed by atoms with Gasteiger partial charge < -0.3 is 4.74 Å². The lowest BCUT2D eigenvalue weighted by molar-refractivity contribution is -0.131. The Hall–Kier alpha value is -2.47. The fourth-order valence-electron chi connectivity index (χ4n) is 2.15. The molecule has 24 heavy (non-hydrogen) atoms. The number of carbonyl (C=O) groups excluding carboxylic acids is 2. The topological polar surface area (TPSA) is 72.8 Å². The van der Waals surface area contributed by atoms with Crippen molar-refractivity contribution in [2.75, 3.05) is 5.75 Å². The lowest BCUT2D eigenvalue weighted by atomic mass is 10.1. The molecule has 0 spiro atoms. The van der Waals surface area contributed by atoms with E-state index in [1.165, 1.54) is 13.0 Å². The second-order valence-corrected chi connectivity index (χ2v) is 7.74. The summed E-state index contributed by atoms with van der Waals surface area (Å²) in [4.78, 5) is 24.3. The van der Waals surface area contributed by atoms with Gasteiger partial charge in [0.05, 0.1) is 15.3 Å². The maximum Gasteiger partial charge on any atom is 0.308 e. The van der Waals surface area contributed by atoms with Crippen LogP contribution >= 0.6 is 0 Å². The van der Waals surface area contributed by atoms with Crippen LogP contribution in [0.4, 0.5) is 0 Å². The van der Waals surface area contributed by atoms with Crippen LogP contribution in [-0.2, 0) is 14.5 Å². The maximum absolute atomic E-state index is 13.1. The summed E-state index contributed by atoms with van der Waals surface area (Å²) < 4.78 is 22.1. The van der Waals surface area contributed by atoms with Crippen LogP contribution in [0.3, 0.4) is 0 Å². The smallest absolute Gasteiger partial charge is 0.308 e. The van der Waals surface area contributed by atoms with Gasteiger partial charge in [0.25, 0.3) is 5.91 Å². The molecule has 1 amide bonds. The van der Waals surface area contributed by atoms with Crippen LogP contribution < -0.4 is 4.74 Å². The third-order valence-corrected chi connectivity index (χ3v) is 5.60. The van der Waals surface area contributed by atoms with E-state index in [0.29, 0.717) is 4.90 Å². The Labute approximate surface area is 141 Å². The molecule has 1 unspecified atom stereocenters. The molecule has 0 saturated carbocycles. The number of ether oxygens (including phenoxy) is 1. The van der Waals surface area contributed by atoms with Crippen LogP contribution in [0.1, 0.15) is 29.8 Å². The van der Waals surface area contributed by atoms with Crippen molar-refractivity contribution in [3.8, 4) is 5.75 Å². The summed E-state index contributed by atoms with van der Waals surface area (Å²) in [5.41, 5.74) is 0.939. The van der Waals surface area contributed by atoms with E-state index in [-0.39, 0.29) is 17.1 Å². The third kappa shape index (κ3) is 4.08. The van der Waals surface area contributed by atoms with E-state index < -0.39 is 21.6 Å². The van der Waals surface area contributed by atoms with Crippen molar-refractivity contribution >= 4 is 21.6 Å². The third-order valence-electron chi connectivity index (χ3n) is 3.35. The second kappa shape index (κ2) is 7.40. The Morgan fingerprint density at radius 3 is 2.38 bits per heavy atom. The quantitative estimate of drug-likeness (QED) is 0.627. The van der Waals surface area contributed by atoms with Gasteiger partial charge in [-0.15, -0.1) is 0 Å². The minimum atomic E-state index is -2.88. The molecule has 0 aromatic heterocycles. The molecule has 0 saturated heterocycles. The predicted molar refractivity (Wildman–Crippen MR) is 92.6 cm³/mol. The van der Waals surface area contributed by atoms with E-state index in [4.69, 9.17) is 4.74 Å². The zero-order valence-corrected chi connectivity index (χ0v) is 14.6. The summed E-state index contributed by atoms with van der Waals surface area (Å²) in [6.07, 6.45) is 0. The van der Waals surface area contributed by atoms with Crippen molar-refractivity contribution < 1.29 is 18.5 Å². The van der Waals surface area contributed by atoms with Crippen molar-refractivity contribution in [3.63, 3.8) is 0 Å². The molecular weight excluding hydrogens is 326 g/mol. The number of hydrogen-bond donors (Lipinski definition) is 0. The minimum absolute atomic E-state index is 0.118. The van der Waals surface area contributed by atoms with E-state index in [1.807, 2.05) is 6.92 Å². The molecule has 0 bridgehead atoms. The van der Waals surface area contributed by atoms with Crippen LogP contribution in [0, 0.1) is 6.92 Å². The number of carbonyl (C=O) groups is 2. The highest BCUT2D eigenvalue weighted by Crippen LogP contribution is 2.23. The first-order valence-corrected chi connectivity index (χ1v) is 9.17. The van der Waals surface area contributed by atoms with Crippen LogP contribution in [0.25, 0.3) is 0 Å². The van der Waals surface area contributed by atoms with Gasteiger partial charge in [0.2, 0.25) is 0 Å². The van der Waals surface area contributed by atoms with Crippen LogP contribution in [0.5, 0.6) is 5.75 Å². The van der Waals surface area contributed by atoms with E-state index in [2.05, 4.69) is 4.36 Å². The number of esters is 1. The normalized spacial score (nSPS) is 13.0. The molecular formula is C18H19NO4S. The monoisotopic (exact) mass is 345 g/mol. The number of rotatable bonds is 4. The van der Waals surface area contributed by atoms with E-state index in [9.17, 15) is 13.8 Å². The molecule has 2 aromatic carbocycles. The summed E-state index contributed by atoms with van der Waals surface area (Å²) in [7, 11) is -2.88. The van der Waals surface area contributed by atoms with Gasteiger partial charge in [0.1, 0.15) is 5.75 Å². The van der Waals surface area contributed by atoms with Gasteiger partial charge in [-0.3, -0.25) is 9.59 Å². The zero-order valence-electron chi connectivity index (χ0n) is 13.8. The molecule has 0 radical (unpaired) electrons. The Bertz CT molecular complexity index is 881. The molecule has 0 aliphatic heterocycles. The van der Waals surface area contributed by atoms with Crippen LogP contribution in [0.15, 0.2) is 57.8 Å². The molecule has 0 aliphatic rings. The molecule has 0 heterocycles. The average Bonchev–Trinajstić information content (AvgIpc) is 2.56. The number of hydrogen-bond acceptors (Lipinski definition) is 4. The second-order valence-electron chi connectivity index (χ2n) is 5.23. The van der Waals surface area contributed by atoms with Crippen molar-refractivity contribution in [2.24, 2.45) is 4.36 Å². The number of aryl methyl sites for hydroxylation is 1. The van der Waals surface area contributed by atoms with Crippen molar-refractivity contribution in [2.45, 2.75) is 25.7 Å². The first kappa shape index (κ1) is 17.9. The Kier molecular flexibility index (Phi) is 5.51. The summed E-state index contributed by atoms with van der Waals surface area (Å²) in [5.74, 6) is -0.872. The highest BCUT2D eigenvalue weighted by molar-refractivity contribution is 7.94. The minimum Gasteiger partial charge on any atom is -0.426 e. The molecule has 0 aliphatic carbocycles. The molecule has 2 aromatic rings. The van der Waals surface area contributed by atoms with Gasteiger partial charge in [-0.1, -0.05) is 36.8 Å². The van der Waals surface area contributed by atoms with Gasteiger partial charge >= 0.3 is 5.97 Å². The average molecular weight is 345 g/mol. The van der Waals surface area contributed by atoms with Gasteiger partial charge in [-0.05, 0) is 31.2 Å². The molecule has 126 valence electrons. The largest absolute Gasteiger partial charge is 0.426 e. The Balaban J connectivity index is 2.54. The SMILES string of the molecule is CCS(=O)(=NC(=O)c1cc(C)ccc1OC(C)=O)c1ccccc1. The van der Waals surface area contributed by atoms with E-state index in [1.54, 1.807) is 49.4 Å². The van der Waals surface area contributed by atoms with Gasteiger partial charge in [-0.2, -0.15) is 4.36 Å². The van der Waals surface area contributed by atoms with Crippen LogP contribution in [-0.4, -0.2) is 21.8 Å². The molecule has 0 N–H and O–H groups in total. The van der Waals surface area contributed by atoms with Crippen LogP contribution in [0.2, 0.25) is 0 Å². The fraction of sp³-hybridized carbons (Fsp3) is 0.222. The van der Waals surface area contributed by atoms with Crippen molar-refractivity contribution in [1.82, 2.24) is 0 Å². The molecule has 2 rings (SSSR count). The van der Waals surface area contributed by atoms with E-state index >= 15 is 0 Å². The fourth-order valence-corrected chi connectivity index (χ4v) is 3.67. The molecule has 5 nitrogen and oxygen atoms in total. The predicted octanol–water partition coefficient (Wildman–Crippen LogP) is 3.61. The standard InChI is InChI=1S/C18H19NO4S/c1-4-24(22,15-8-6-5-7-9-15)19-18(21)16-12-13(2)10-11-17(16)23-14(3)20/h5-12H,4H2,1-3H3. The van der Waals surface area contributed by atoms with E-state index in [0.717, 1.165) is 5.56 Å².